The number of thioether (sulfide) groups is 1. The maximum atomic E-state index is 11.0. The van der Waals surface area contributed by atoms with E-state index in [1.807, 2.05) is 6.92 Å². The van der Waals surface area contributed by atoms with E-state index < -0.39 is 17.0 Å². The minimum absolute atomic E-state index is 0.351. The van der Waals surface area contributed by atoms with Crippen LogP contribution in [0.2, 0.25) is 0 Å². The van der Waals surface area contributed by atoms with Gasteiger partial charge in [-0.05, 0) is 20.3 Å². The smallest absolute Gasteiger partial charge is 0.312 e. The van der Waals surface area contributed by atoms with Crippen molar-refractivity contribution in [1.82, 2.24) is 0 Å². The third-order valence-electron chi connectivity index (χ3n) is 2.93. The topological polar surface area (TPSA) is 57.5 Å². The molecule has 1 aliphatic rings. The number of rotatable bonds is 2. The molecule has 2 unspecified atom stereocenters. The summed E-state index contributed by atoms with van der Waals surface area (Å²) in [5, 5.41) is 19.5. The van der Waals surface area contributed by atoms with Gasteiger partial charge in [0.1, 0.15) is 0 Å². The molecule has 0 aromatic rings. The van der Waals surface area contributed by atoms with Crippen LogP contribution < -0.4 is 0 Å². The highest BCUT2D eigenvalue weighted by Gasteiger charge is 2.52. The van der Waals surface area contributed by atoms with Crippen LogP contribution in [0.25, 0.3) is 0 Å². The molecule has 1 saturated heterocycles. The van der Waals surface area contributed by atoms with Gasteiger partial charge in [0.2, 0.25) is 0 Å². The van der Waals surface area contributed by atoms with Gasteiger partial charge in [-0.15, -0.1) is 0 Å². The van der Waals surface area contributed by atoms with Crippen LogP contribution in [0, 0.1) is 5.41 Å². The fraction of sp³-hybridized carbons (Fsp3) is 0.889. The summed E-state index contributed by atoms with van der Waals surface area (Å²) in [5.74, 6) is -0.405. The molecule has 1 rings (SSSR count). The van der Waals surface area contributed by atoms with E-state index in [2.05, 4.69) is 0 Å². The SMILES string of the molecule is CC1CC(O)(C(C)(C)C(=O)O)CS1. The number of aliphatic carboxylic acids is 1. The summed E-state index contributed by atoms with van der Waals surface area (Å²) < 4.78 is 0. The van der Waals surface area contributed by atoms with Gasteiger partial charge in [-0.2, -0.15) is 11.8 Å². The maximum Gasteiger partial charge on any atom is 0.312 e. The Morgan fingerprint density at radius 1 is 1.62 bits per heavy atom. The van der Waals surface area contributed by atoms with Gasteiger partial charge in [-0.3, -0.25) is 4.79 Å². The minimum Gasteiger partial charge on any atom is -0.481 e. The number of carboxylic acids is 1. The van der Waals surface area contributed by atoms with Gasteiger partial charge >= 0.3 is 5.97 Å². The molecule has 13 heavy (non-hydrogen) atoms. The first kappa shape index (κ1) is 10.9. The van der Waals surface area contributed by atoms with Crippen LogP contribution in [0.15, 0.2) is 0 Å². The Labute approximate surface area is 82.5 Å². The molecule has 1 aliphatic heterocycles. The van der Waals surface area contributed by atoms with E-state index in [1.165, 1.54) is 0 Å². The van der Waals surface area contributed by atoms with Crippen LogP contribution >= 0.6 is 11.8 Å². The number of carbonyl (C=O) groups is 1. The Kier molecular flexibility index (Phi) is 2.65. The second kappa shape index (κ2) is 3.17. The van der Waals surface area contributed by atoms with Crippen LogP contribution in [0.1, 0.15) is 27.2 Å². The molecule has 76 valence electrons. The standard InChI is InChI=1S/C9H16O3S/c1-6-4-9(12,5-13-6)8(2,3)7(10)11/h6,12H,4-5H2,1-3H3,(H,10,11). The molecule has 2 N–H and O–H groups in total. The van der Waals surface area contributed by atoms with Crippen molar-refractivity contribution in [3.63, 3.8) is 0 Å². The van der Waals surface area contributed by atoms with E-state index in [-0.39, 0.29) is 0 Å². The summed E-state index contributed by atoms with van der Waals surface area (Å²) in [4.78, 5) is 11.0. The minimum atomic E-state index is -1.05. The Morgan fingerprint density at radius 2 is 2.15 bits per heavy atom. The van der Waals surface area contributed by atoms with Crippen molar-refractivity contribution in [2.75, 3.05) is 5.75 Å². The molecule has 0 radical (unpaired) electrons. The average molecular weight is 204 g/mol. The van der Waals surface area contributed by atoms with Gasteiger partial charge in [-0.1, -0.05) is 6.92 Å². The van der Waals surface area contributed by atoms with Crippen LogP contribution in [-0.2, 0) is 4.79 Å². The third kappa shape index (κ3) is 1.70. The zero-order chi connectivity index (χ0) is 10.3. The summed E-state index contributed by atoms with van der Waals surface area (Å²) in [7, 11) is 0. The predicted molar refractivity (Wildman–Crippen MR) is 52.9 cm³/mol. The van der Waals surface area contributed by atoms with Crippen molar-refractivity contribution in [2.45, 2.75) is 38.0 Å². The van der Waals surface area contributed by atoms with Gasteiger partial charge in [0, 0.05) is 11.0 Å². The van der Waals surface area contributed by atoms with Gasteiger partial charge in [0.25, 0.3) is 0 Å². The highest BCUT2D eigenvalue weighted by Crippen LogP contribution is 2.45. The molecule has 2 atom stereocenters. The van der Waals surface area contributed by atoms with Crippen LogP contribution in [0.5, 0.6) is 0 Å². The molecule has 4 heteroatoms. The fourth-order valence-electron chi connectivity index (χ4n) is 1.51. The first-order valence-corrected chi connectivity index (χ1v) is 5.42. The number of hydrogen-bond donors (Lipinski definition) is 2. The molecule has 0 saturated carbocycles. The summed E-state index contributed by atoms with van der Waals surface area (Å²) in [5.41, 5.74) is -2.10. The molecule has 0 aromatic heterocycles. The van der Waals surface area contributed by atoms with Gasteiger partial charge in [0.05, 0.1) is 11.0 Å². The normalized spacial score (nSPS) is 34.9. The van der Waals surface area contributed by atoms with Crippen molar-refractivity contribution in [2.24, 2.45) is 5.41 Å². The fourth-order valence-corrected chi connectivity index (χ4v) is 2.94. The number of carboxylic acid groups (broad SMARTS) is 1. The Morgan fingerprint density at radius 3 is 2.46 bits per heavy atom. The van der Waals surface area contributed by atoms with Gasteiger partial charge in [-0.25, -0.2) is 0 Å². The highest BCUT2D eigenvalue weighted by atomic mass is 32.2. The van der Waals surface area contributed by atoms with Crippen LogP contribution in [0.4, 0.5) is 0 Å². The molecule has 0 amide bonds. The molecule has 0 aliphatic carbocycles. The molecule has 0 spiro atoms. The van der Waals surface area contributed by atoms with E-state index in [0.29, 0.717) is 17.4 Å². The lowest BCUT2D eigenvalue weighted by Gasteiger charge is -2.35. The second-order valence-electron chi connectivity index (χ2n) is 4.29. The summed E-state index contributed by atoms with van der Waals surface area (Å²) >= 11 is 1.64. The van der Waals surface area contributed by atoms with Crippen molar-refractivity contribution >= 4 is 17.7 Å². The molecule has 3 nitrogen and oxygen atoms in total. The molecule has 1 fully saturated rings. The lowest BCUT2D eigenvalue weighted by atomic mass is 9.74. The Balaban J connectivity index is 2.86. The lowest BCUT2D eigenvalue weighted by molar-refractivity contribution is -0.161. The van der Waals surface area contributed by atoms with E-state index in [0.717, 1.165) is 0 Å². The molecule has 0 aromatic carbocycles. The van der Waals surface area contributed by atoms with E-state index in [9.17, 15) is 9.90 Å². The van der Waals surface area contributed by atoms with Crippen molar-refractivity contribution in [3.8, 4) is 0 Å². The zero-order valence-corrected chi connectivity index (χ0v) is 9.02. The first-order valence-electron chi connectivity index (χ1n) is 4.37. The molecular formula is C9H16O3S. The Bertz CT molecular complexity index is 227. The van der Waals surface area contributed by atoms with E-state index >= 15 is 0 Å². The van der Waals surface area contributed by atoms with Crippen molar-refractivity contribution < 1.29 is 15.0 Å². The van der Waals surface area contributed by atoms with Crippen LogP contribution in [0.3, 0.4) is 0 Å². The van der Waals surface area contributed by atoms with E-state index in [4.69, 9.17) is 5.11 Å². The van der Waals surface area contributed by atoms with Gasteiger partial charge in [0.15, 0.2) is 0 Å². The second-order valence-corrected chi connectivity index (χ2v) is 5.71. The molecule has 1 heterocycles. The molecule has 0 bridgehead atoms. The average Bonchev–Trinajstić information content (AvgIpc) is 2.32. The monoisotopic (exact) mass is 204 g/mol. The highest BCUT2D eigenvalue weighted by molar-refractivity contribution is 8.00. The molecular weight excluding hydrogens is 188 g/mol. The maximum absolute atomic E-state index is 11.0. The summed E-state index contributed by atoms with van der Waals surface area (Å²) in [6, 6.07) is 0. The largest absolute Gasteiger partial charge is 0.481 e. The van der Waals surface area contributed by atoms with Gasteiger partial charge < -0.3 is 10.2 Å². The Hall–Kier alpha value is -0.220. The van der Waals surface area contributed by atoms with Crippen molar-refractivity contribution in [1.29, 1.82) is 0 Å². The third-order valence-corrected chi connectivity index (χ3v) is 4.31. The van der Waals surface area contributed by atoms with Crippen molar-refractivity contribution in [3.05, 3.63) is 0 Å². The lowest BCUT2D eigenvalue weighted by Crippen LogP contribution is -2.50. The number of hydrogen-bond acceptors (Lipinski definition) is 3. The summed E-state index contributed by atoms with van der Waals surface area (Å²) in [6.07, 6.45) is 0.566. The number of aliphatic hydroxyl groups is 1. The van der Waals surface area contributed by atoms with E-state index in [1.54, 1.807) is 25.6 Å². The predicted octanol–water partition coefficient (Wildman–Crippen LogP) is 1.35. The quantitative estimate of drug-likeness (QED) is 0.713. The zero-order valence-electron chi connectivity index (χ0n) is 8.20. The van der Waals surface area contributed by atoms with Crippen LogP contribution in [-0.4, -0.2) is 32.8 Å². The summed E-state index contributed by atoms with van der Waals surface area (Å²) in [6.45, 7) is 5.20. The first-order chi connectivity index (χ1) is 5.79.